The minimum Gasteiger partial charge on any atom is -0.324 e. The van der Waals surface area contributed by atoms with Crippen LogP contribution in [0.2, 0.25) is 0 Å². The molecule has 1 aromatic heterocycles. The summed E-state index contributed by atoms with van der Waals surface area (Å²) in [5.41, 5.74) is 4.03. The zero-order valence-electron chi connectivity index (χ0n) is 15.5. The van der Waals surface area contributed by atoms with Crippen LogP contribution in [0.1, 0.15) is 31.9 Å². The third kappa shape index (κ3) is 4.14. The number of hydrogen-bond donors (Lipinski definition) is 1. The Labute approximate surface area is 153 Å². The summed E-state index contributed by atoms with van der Waals surface area (Å²) in [5.74, 6) is 0.327. The summed E-state index contributed by atoms with van der Waals surface area (Å²) in [6.07, 6.45) is 0. The molecule has 0 fully saturated rings. The van der Waals surface area contributed by atoms with Crippen molar-refractivity contribution >= 4 is 11.6 Å². The van der Waals surface area contributed by atoms with Crippen LogP contribution in [0.4, 0.5) is 5.69 Å². The molecule has 0 unspecified atom stereocenters. The lowest BCUT2D eigenvalue weighted by Gasteiger charge is -2.19. The second-order valence-corrected chi connectivity index (χ2v) is 7.33. The molecule has 3 rings (SSSR count). The summed E-state index contributed by atoms with van der Waals surface area (Å²) >= 11 is 0. The van der Waals surface area contributed by atoms with Crippen LogP contribution in [0.5, 0.6) is 0 Å². The Hall–Kier alpha value is -3.02. The number of rotatable bonds is 4. The van der Waals surface area contributed by atoms with E-state index >= 15 is 0 Å². The highest BCUT2D eigenvalue weighted by atomic mass is 16.2. The van der Waals surface area contributed by atoms with Crippen LogP contribution in [0.3, 0.4) is 0 Å². The van der Waals surface area contributed by atoms with E-state index in [1.165, 1.54) is 10.4 Å². The van der Waals surface area contributed by atoms with Crippen molar-refractivity contribution in [2.45, 2.75) is 39.7 Å². The zero-order chi connectivity index (χ0) is 18.7. The van der Waals surface area contributed by atoms with Crippen LogP contribution in [-0.2, 0) is 16.8 Å². The lowest BCUT2D eigenvalue weighted by atomic mass is 9.87. The maximum atomic E-state index is 12.2. The summed E-state index contributed by atoms with van der Waals surface area (Å²) in [4.78, 5) is 13.5. The number of anilines is 1. The first-order valence-electron chi connectivity index (χ1n) is 8.57. The van der Waals surface area contributed by atoms with E-state index in [2.05, 4.69) is 41.5 Å². The average Bonchev–Trinajstić information content (AvgIpc) is 3.03. The number of nitrogens with one attached hydrogen (secondary N) is 1. The van der Waals surface area contributed by atoms with Gasteiger partial charge in [0.1, 0.15) is 6.54 Å². The number of carbonyl (C=O) groups excluding carboxylic acids is 1. The van der Waals surface area contributed by atoms with Gasteiger partial charge in [-0.05, 0) is 40.8 Å². The fourth-order valence-corrected chi connectivity index (χ4v) is 2.62. The molecule has 0 aliphatic rings. The van der Waals surface area contributed by atoms with Gasteiger partial charge in [-0.1, -0.05) is 57.2 Å². The van der Waals surface area contributed by atoms with E-state index in [-0.39, 0.29) is 17.9 Å². The van der Waals surface area contributed by atoms with Crippen LogP contribution in [0.15, 0.2) is 48.5 Å². The van der Waals surface area contributed by atoms with Crippen LogP contribution in [0, 0.1) is 6.92 Å². The molecule has 0 aliphatic heterocycles. The molecule has 0 aliphatic carbocycles. The fraction of sp³-hybridized carbons (Fsp3) is 0.300. The van der Waals surface area contributed by atoms with E-state index in [1.54, 1.807) is 0 Å². The Morgan fingerprint density at radius 2 is 1.77 bits per heavy atom. The molecule has 0 spiro atoms. The Bertz CT molecular complexity index is 906. The van der Waals surface area contributed by atoms with Gasteiger partial charge in [0.25, 0.3) is 0 Å². The highest BCUT2D eigenvalue weighted by Crippen LogP contribution is 2.23. The van der Waals surface area contributed by atoms with E-state index in [1.807, 2.05) is 55.5 Å². The Balaban J connectivity index is 1.65. The molecule has 1 N–H and O–H groups in total. The van der Waals surface area contributed by atoms with Gasteiger partial charge >= 0.3 is 0 Å². The molecule has 0 atom stereocenters. The molecule has 0 radical (unpaired) electrons. The molecule has 6 nitrogen and oxygen atoms in total. The molecule has 1 amide bonds. The van der Waals surface area contributed by atoms with Crippen molar-refractivity contribution in [1.29, 1.82) is 0 Å². The molecule has 0 saturated heterocycles. The molecule has 2 aromatic carbocycles. The maximum absolute atomic E-state index is 12.2. The standard InChI is InChI=1S/C20H23N5O/c1-14-7-5-6-8-17(14)19-22-24-25(23-19)13-18(26)21-16-11-9-15(10-12-16)20(2,3)4/h5-12H,13H2,1-4H3,(H,21,26). The van der Waals surface area contributed by atoms with Gasteiger partial charge in [-0.2, -0.15) is 4.80 Å². The molecule has 0 bridgehead atoms. The first-order valence-corrected chi connectivity index (χ1v) is 8.57. The van der Waals surface area contributed by atoms with Crippen molar-refractivity contribution in [3.8, 4) is 11.4 Å². The molecule has 26 heavy (non-hydrogen) atoms. The number of aryl methyl sites for hydroxylation is 1. The number of benzene rings is 2. The number of carbonyl (C=O) groups is 1. The fourth-order valence-electron chi connectivity index (χ4n) is 2.62. The predicted octanol–water partition coefficient (Wildman–Crippen LogP) is 3.58. The molecule has 3 aromatic rings. The Kier molecular flexibility index (Phi) is 4.84. The smallest absolute Gasteiger partial charge is 0.248 e. The topological polar surface area (TPSA) is 72.7 Å². The van der Waals surface area contributed by atoms with Gasteiger partial charge in [0, 0.05) is 11.3 Å². The van der Waals surface area contributed by atoms with Gasteiger partial charge in [0.15, 0.2) is 0 Å². The number of tetrazole rings is 1. The van der Waals surface area contributed by atoms with E-state index in [0.717, 1.165) is 16.8 Å². The number of hydrogen-bond acceptors (Lipinski definition) is 4. The van der Waals surface area contributed by atoms with Gasteiger partial charge < -0.3 is 5.32 Å². The second-order valence-electron chi connectivity index (χ2n) is 7.33. The van der Waals surface area contributed by atoms with Gasteiger partial charge in [-0.3, -0.25) is 4.79 Å². The molecule has 0 saturated carbocycles. The number of amides is 1. The number of nitrogens with zero attached hydrogens (tertiary/aromatic N) is 4. The lowest BCUT2D eigenvalue weighted by Crippen LogP contribution is -2.20. The molecule has 134 valence electrons. The monoisotopic (exact) mass is 349 g/mol. The van der Waals surface area contributed by atoms with Crippen molar-refractivity contribution in [2.24, 2.45) is 0 Å². The summed E-state index contributed by atoms with van der Waals surface area (Å²) in [7, 11) is 0. The predicted molar refractivity (Wildman–Crippen MR) is 102 cm³/mol. The van der Waals surface area contributed by atoms with Crippen molar-refractivity contribution < 1.29 is 4.79 Å². The molecule has 6 heteroatoms. The third-order valence-electron chi connectivity index (χ3n) is 4.16. The van der Waals surface area contributed by atoms with Gasteiger partial charge in [-0.25, -0.2) is 0 Å². The Morgan fingerprint density at radius 3 is 2.42 bits per heavy atom. The van der Waals surface area contributed by atoms with Crippen LogP contribution in [-0.4, -0.2) is 26.1 Å². The summed E-state index contributed by atoms with van der Waals surface area (Å²) < 4.78 is 0. The SMILES string of the molecule is Cc1ccccc1-c1nnn(CC(=O)Nc2ccc(C(C)(C)C)cc2)n1. The van der Waals surface area contributed by atoms with E-state index in [0.29, 0.717) is 5.82 Å². The quantitative estimate of drug-likeness (QED) is 0.781. The van der Waals surface area contributed by atoms with Gasteiger partial charge in [-0.15, -0.1) is 10.2 Å². The van der Waals surface area contributed by atoms with Crippen LogP contribution >= 0.6 is 0 Å². The minimum absolute atomic E-state index is 0.0138. The lowest BCUT2D eigenvalue weighted by molar-refractivity contribution is -0.117. The molecular weight excluding hydrogens is 326 g/mol. The van der Waals surface area contributed by atoms with Crippen LogP contribution < -0.4 is 5.32 Å². The van der Waals surface area contributed by atoms with Crippen molar-refractivity contribution in [3.05, 3.63) is 59.7 Å². The second kappa shape index (κ2) is 7.07. The highest BCUT2D eigenvalue weighted by molar-refractivity contribution is 5.90. The normalized spacial score (nSPS) is 11.4. The molecule has 1 heterocycles. The van der Waals surface area contributed by atoms with Crippen molar-refractivity contribution in [3.63, 3.8) is 0 Å². The molecular formula is C20H23N5O. The van der Waals surface area contributed by atoms with E-state index < -0.39 is 0 Å². The van der Waals surface area contributed by atoms with Gasteiger partial charge in [0.05, 0.1) is 0 Å². The first kappa shape index (κ1) is 17.8. The largest absolute Gasteiger partial charge is 0.324 e. The first-order chi connectivity index (χ1) is 12.3. The minimum atomic E-state index is -0.192. The van der Waals surface area contributed by atoms with Gasteiger partial charge in [0.2, 0.25) is 11.7 Å². The summed E-state index contributed by atoms with van der Waals surface area (Å²) in [5, 5.41) is 15.2. The highest BCUT2D eigenvalue weighted by Gasteiger charge is 2.14. The van der Waals surface area contributed by atoms with Crippen LogP contribution in [0.25, 0.3) is 11.4 Å². The Morgan fingerprint density at radius 1 is 1.08 bits per heavy atom. The number of aromatic nitrogens is 4. The van der Waals surface area contributed by atoms with E-state index in [9.17, 15) is 4.79 Å². The van der Waals surface area contributed by atoms with Crippen molar-refractivity contribution in [1.82, 2.24) is 20.2 Å². The third-order valence-corrected chi connectivity index (χ3v) is 4.16. The average molecular weight is 349 g/mol. The maximum Gasteiger partial charge on any atom is 0.248 e. The summed E-state index contributed by atoms with van der Waals surface area (Å²) in [6.45, 7) is 8.47. The van der Waals surface area contributed by atoms with Crippen molar-refractivity contribution in [2.75, 3.05) is 5.32 Å². The summed E-state index contributed by atoms with van der Waals surface area (Å²) in [6, 6.07) is 15.7. The van der Waals surface area contributed by atoms with E-state index in [4.69, 9.17) is 0 Å². The zero-order valence-corrected chi connectivity index (χ0v) is 15.5.